The molecule has 15 heavy (non-hydrogen) atoms. The van der Waals surface area contributed by atoms with Crippen molar-refractivity contribution in [2.24, 2.45) is 10.6 Å². The quantitative estimate of drug-likeness (QED) is 0.392. The lowest BCUT2D eigenvalue weighted by atomic mass is 9.81. The zero-order valence-electron chi connectivity index (χ0n) is 9.33. The van der Waals surface area contributed by atoms with E-state index in [9.17, 15) is 5.21 Å². The van der Waals surface area contributed by atoms with Crippen molar-refractivity contribution in [3.05, 3.63) is 35.4 Å². The second-order valence-corrected chi connectivity index (χ2v) is 4.84. The van der Waals surface area contributed by atoms with Crippen molar-refractivity contribution in [1.29, 1.82) is 0 Å². The third-order valence-electron chi connectivity index (χ3n) is 3.26. The number of rotatable bonds is 0. The van der Waals surface area contributed by atoms with Crippen LogP contribution in [0.3, 0.4) is 0 Å². The summed E-state index contributed by atoms with van der Waals surface area (Å²) in [7, 11) is 0. The first-order chi connectivity index (χ1) is 7.15. The van der Waals surface area contributed by atoms with Gasteiger partial charge in [-0.1, -0.05) is 43.3 Å². The zero-order valence-corrected chi connectivity index (χ0v) is 9.33. The molecule has 1 aromatic rings. The maximum absolute atomic E-state index is 9.19. The van der Waals surface area contributed by atoms with Crippen LogP contribution in [0.4, 0.5) is 0 Å². The van der Waals surface area contributed by atoms with Crippen LogP contribution in [0.5, 0.6) is 0 Å². The van der Waals surface area contributed by atoms with Crippen LogP contribution >= 0.6 is 0 Å². The van der Waals surface area contributed by atoms with Gasteiger partial charge in [0.2, 0.25) is 0 Å². The van der Waals surface area contributed by atoms with Crippen LogP contribution in [-0.2, 0) is 6.42 Å². The molecule has 80 valence electrons. The molecule has 0 saturated carbocycles. The average Bonchev–Trinajstić information content (AvgIpc) is 2.32. The van der Waals surface area contributed by atoms with E-state index in [1.165, 1.54) is 5.56 Å². The summed E-state index contributed by atoms with van der Waals surface area (Å²) in [6, 6.07) is 8.23. The molecule has 0 radical (unpaired) electrons. The molecule has 0 aliphatic heterocycles. The number of hydrogen-bond acceptors (Lipinski definition) is 2. The molecule has 2 nitrogen and oxygen atoms in total. The predicted octanol–water partition coefficient (Wildman–Crippen LogP) is 3.23. The molecule has 1 aromatic carbocycles. The molecule has 1 N–H and O–H groups in total. The van der Waals surface area contributed by atoms with Gasteiger partial charge in [0.15, 0.2) is 0 Å². The summed E-state index contributed by atoms with van der Waals surface area (Å²) in [5.74, 6) is 0. The minimum absolute atomic E-state index is 0.0264. The van der Waals surface area contributed by atoms with Crippen LogP contribution in [0, 0.1) is 5.41 Å². The second kappa shape index (κ2) is 3.69. The lowest BCUT2D eigenvalue weighted by molar-refractivity contribution is 0.307. The maximum atomic E-state index is 9.19. The number of benzene rings is 1. The van der Waals surface area contributed by atoms with Crippen LogP contribution < -0.4 is 0 Å². The van der Waals surface area contributed by atoms with Gasteiger partial charge in [0, 0.05) is 11.0 Å². The summed E-state index contributed by atoms with van der Waals surface area (Å²) < 4.78 is 0. The van der Waals surface area contributed by atoms with Gasteiger partial charge in [-0.05, 0) is 24.8 Å². The zero-order chi connectivity index (χ0) is 10.9. The maximum Gasteiger partial charge on any atom is 0.0926 e. The Kier molecular flexibility index (Phi) is 2.51. The highest BCUT2D eigenvalue weighted by Gasteiger charge is 2.30. The number of hydrogen-bond donors (Lipinski definition) is 1. The van der Waals surface area contributed by atoms with Gasteiger partial charge in [-0.25, -0.2) is 0 Å². The van der Waals surface area contributed by atoms with Gasteiger partial charge in [-0.15, -0.1) is 0 Å². The number of aryl methyl sites for hydroxylation is 1. The number of fused-ring (bicyclic) bond motifs is 1. The van der Waals surface area contributed by atoms with Gasteiger partial charge in [0.25, 0.3) is 0 Å². The van der Waals surface area contributed by atoms with E-state index in [1.54, 1.807) is 0 Å². The fourth-order valence-electron chi connectivity index (χ4n) is 2.36. The minimum atomic E-state index is -0.0264. The van der Waals surface area contributed by atoms with E-state index in [1.807, 2.05) is 12.1 Å². The molecule has 0 heterocycles. The van der Waals surface area contributed by atoms with Gasteiger partial charge in [-0.2, -0.15) is 0 Å². The van der Waals surface area contributed by atoms with Crippen LogP contribution in [0.15, 0.2) is 29.4 Å². The highest BCUT2D eigenvalue weighted by atomic mass is 16.4. The van der Waals surface area contributed by atoms with Gasteiger partial charge >= 0.3 is 0 Å². The highest BCUT2D eigenvalue weighted by molar-refractivity contribution is 6.05. The summed E-state index contributed by atoms with van der Waals surface area (Å²) in [5.41, 5.74) is 3.22. The van der Waals surface area contributed by atoms with Gasteiger partial charge in [0.1, 0.15) is 0 Å². The summed E-state index contributed by atoms with van der Waals surface area (Å²) in [6.07, 6.45) is 3.31. The Labute approximate surface area is 90.6 Å². The molecule has 0 unspecified atom stereocenters. The lowest BCUT2D eigenvalue weighted by Gasteiger charge is -2.23. The Morgan fingerprint density at radius 1 is 1.27 bits per heavy atom. The SMILES string of the molecule is CC1(C)CCCc2ccccc2/C1=N/O. The Morgan fingerprint density at radius 3 is 2.73 bits per heavy atom. The number of nitrogens with zero attached hydrogens (tertiary/aromatic N) is 1. The molecule has 0 bridgehead atoms. The molecule has 0 amide bonds. The lowest BCUT2D eigenvalue weighted by Crippen LogP contribution is -2.24. The number of oxime groups is 1. The Morgan fingerprint density at radius 2 is 2.00 bits per heavy atom. The van der Waals surface area contributed by atoms with Crippen molar-refractivity contribution in [2.75, 3.05) is 0 Å². The van der Waals surface area contributed by atoms with Crippen LogP contribution in [0.2, 0.25) is 0 Å². The molecule has 2 heteroatoms. The molecule has 0 spiro atoms. The first-order valence-electron chi connectivity index (χ1n) is 5.46. The third kappa shape index (κ3) is 1.76. The molecule has 0 saturated heterocycles. The summed E-state index contributed by atoms with van der Waals surface area (Å²) in [5, 5.41) is 12.7. The second-order valence-electron chi connectivity index (χ2n) is 4.84. The summed E-state index contributed by atoms with van der Waals surface area (Å²) in [6.45, 7) is 4.29. The van der Waals surface area contributed by atoms with Gasteiger partial charge in [0.05, 0.1) is 5.71 Å². The monoisotopic (exact) mass is 203 g/mol. The van der Waals surface area contributed by atoms with Gasteiger partial charge < -0.3 is 5.21 Å². The molecule has 2 rings (SSSR count). The van der Waals surface area contributed by atoms with Crippen molar-refractivity contribution < 1.29 is 5.21 Å². The Hall–Kier alpha value is -1.31. The Bertz CT molecular complexity index is 393. The van der Waals surface area contributed by atoms with Crippen LogP contribution in [0.25, 0.3) is 0 Å². The summed E-state index contributed by atoms with van der Waals surface area (Å²) >= 11 is 0. The van der Waals surface area contributed by atoms with E-state index >= 15 is 0 Å². The average molecular weight is 203 g/mol. The topological polar surface area (TPSA) is 32.6 Å². The van der Waals surface area contributed by atoms with Crippen molar-refractivity contribution in [2.45, 2.75) is 33.1 Å². The molecule has 0 atom stereocenters. The normalized spacial score (nSPS) is 22.1. The van der Waals surface area contributed by atoms with E-state index < -0.39 is 0 Å². The highest BCUT2D eigenvalue weighted by Crippen LogP contribution is 2.33. The van der Waals surface area contributed by atoms with Crippen molar-refractivity contribution in [1.82, 2.24) is 0 Å². The Balaban J connectivity index is 2.57. The minimum Gasteiger partial charge on any atom is -0.411 e. The molecule has 1 aliphatic carbocycles. The van der Waals surface area contributed by atoms with Crippen LogP contribution in [-0.4, -0.2) is 10.9 Å². The fourth-order valence-corrected chi connectivity index (χ4v) is 2.36. The third-order valence-corrected chi connectivity index (χ3v) is 3.26. The predicted molar refractivity (Wildman–Crippen MR) is 61.5 cm³/mol. The first kappa shape index (κ1) is 10.2. The molecule has 0 aromatic heterocycles. The standard InChI is InChI=1S/C13H17NO/c1-13(2)9-5-7-10-6-3-4-8-11(10)12(13)14-15/h3-4,6,8,15H,5,7,9H2,1-2H3/b14-12-. The van der Waals surface area contributed by atoms with Gasteiger partial charge in [-0.3, -0.25) is 0 Å². The van der Waals surface area contributed by atoms with E-state index in [0.717, 1.165) is 30.5 Å². The molecular weight excluding hydrogens is 186 g/mol. The first-order valence-corrected chi connectivity index (χ1v) is 5.46. The molecular formula is C13H17NO. The smallest absolute Gasteiger partial charge is 0.0926 e. The van der Waals surface area contributed by atoms with E-state index in [0.29, 0.717) is 0 Å². The molecule has 0 fully saturated rings. The largest absolute Gasteiger partial charge is 0.411 e. The molecule has 1 aliphatic rings. The summed E-state index contributed by atoms with van der Waals surface area (Å²) in [4.78, 5) is 0. The van der Waals surface area contributed by atoms with Crippen LogP contribution in [0.1, 0.15) is 37.8 Å². The van der Waals surface area contributed by atoms with E-state index in [2.05, 4.69) is 31.1 Å². The van der Waals surface area contributed by atoms with E-state index in [4.69, 9.17) is 0 Å². The fraction of sp³-hybridized carbons (Fsp3) is 0.462. The van der Waals surface area contributed by atoms with Crippen molar-refractivity contribution in [3.63, 3.8) is 0 Å². The van der Waals surface area contributed by atoms with Crippen molar-refractivity contribution in [3.8, 4) is 0 Å². The van der Waals surface area contributed by atoms with E-state index in [-0.39, 0.29) is 5.41 Å². The van der Waals surface area contributed by atoms with Crippen molar-refractivity contribution >= 4 is 5.71 Å².